The van der Waals surface area contributed by atoms with Crippen molar-refractivity contribution in [3.8, 4) is 5.75 Å². The molecule has 6 heteroatoms. The molecule has 0 bridgehead atoms. The van der Waals surface area contributed by atoms with Gasteiger partial charge in [-0.1, -0.05) is 41.9 Å². The molecule has 1 aliphatic heterocycles. The second kappa shape index (κ2) is 7.70. The summed E-state index contributed by atoms with van der Waals surface area (Å²) in [6.07, 6.45) is 1.76. The zero-order valence-electron chi connectivity index (χ0n) is 15.0. The highest BCUT2D eigenvalue weighted by atomic mass is 35.5. The SMILES string of the molecule is CCOc1ccc(/C=C2/SC(=O)N(c3ccc(Cl)cc3)C2=O)c2ccccc12. The maximum Gasteiger partial charge on any atom is 0.298 e. The van der Waals surface area contributed by atoms with E-state index < -0.39 is 0 Å². The number of rotatable bonds is 4. The molecule has 2 amide bonds. The van der Waals surface area contributed by atoms with Gasteiger partial charge in [-0.3, -0.25) is 9.59 Å². The van der Waals surface area contributed by atoms with Crippen molar-refractivity contribution in [1.29, 1.82) is 0 Å². The second-order valence-electron chi connectivity index (χ2n) is 6.13. The number of fused-ring (bicyclic) bond motifs is 1. The van der Waals surface area contributed by atoms with Crippen molar-refractivity contribution < 1.29 is 14.3 Å². The second-order valence-corrected chi connectivity index (χ2v) is 7.55. The van der Waals surface area contributed by atoms with Gasteiger partial charge in [0.05, 0.1) is 17.2 Å². The number of hydrogen-bond donors (Lipinski definition) is 0. The lowest BCUT2D eigenvalue weighted by Crippen LogP contribution is -2.27. The van der Waals surface area contributed by atoms with Crippen molar-refractivity contribution in [1.82, 2.24) is 0 Å². The van der Waals surface area contributed by atoms with Crippen molar-refractivity contribution in [2.45, 2.75) is 6.92 Å². The van der Waals surface area contributed by atoms with Crippen LogP contribution in [0.25, 0.3) is 16.8 Å². The molecule has 1 fully saturated rings. The summed E-state index contributed by atoms with van der Waals surface area (Å²) in [6, 6.07) is 18.3. The van der Waals surface area contributed by atoms with Crippen LogP contribution in [0, 0.1) is 0 Å². The molecule has 0 unspecified atom stereocenters. The van der Waals surface area contributed by atoms with Crippen LogP contribution in [0.3, 0.4) is 0 Å². The van der Waals surface area contributed by atoms with Crippen LogP contribution < -0.4 is 9.64 Å². The van der Waals surface area contributed by atoms with Crippen LogP contribution >= 0.6 is 23.4 Å². The molecule has 3 aromatic carbocycles. The van der Waals surface area contributed by atoms with E-state index in [4.69, 9.17) is 16.3 Å². The number of ether oxygens (including phenoxy) is 1. The predicted molar refractivity (Wildman–Crippen MR) is 115 cm³/mol. The number of halogens is 1. The van der Waals surface area contributed by atoms with Gasteiger partial charge < -0.3 is 4.74 Å². The van der Waals surface area contributed by atoms with E-state index in [1.165, 1.54) is 4.90 Å². The number of carbonyl (C=O) groups is 2. The van der Waals surface area contributed by atoms with Gasteiger partial charge in [0.25, 0.3) is 11.1 Å². The number of benzene rings is 3. The van der Waals surface area contributed by atoms with Crippen molar-refractivity contribution in [3.05, 3.63) is 76.2 Å². The summed E-state index contributed by atoms with van der Waals surface area (Å²) >= 11 is 6.84. The average Bonchev–Trinajstić information content (AvgIpc) is 2.98. The first-order valence-electron chi connectivity index (χ1n) is 8.76. The Kier molecular flexibility index (Phi) is 5.11. The van der Waals surface area contributed by atoms with Crippen LogP contribution in [0.4, 0.5) is 10.5 Å². The number of hydrogen-bond acceptors (Lipinski definition) is 4. The van der Waals surface area contributed by atoms with Crippen LogP contribution in [-0.2, 0) is 4.79 Å². The molecule has 3 aromatic rings. The van der Waals surface area contributed by atoms with Gasteiger partial charge in [-0.05, 0) is 66.0 Å². The lowest BCUT2D eigenvalue weighted by atomic mass is 10.0. The van der Waals surface area contributed by atoms with E-state index >= 15 is 0 Å². The Bertz CT molecular complexity index is 1110. The largest absolute Gasteiger partial charge is 0.493 e. The molecule has 0 radical (unpaired) electrons. The van der Waals surface area contributed by atoms with E-state index in [1.807, 2.05) is 43.3 Å². The molecule has 1 aliphatic rings. The molecule has 4 nitrogen and oxygen atoms in total. The summed E-state index contributed by atoms with van der Waals surface area (Å²) in [5.74, 6) is 0.458. The summed E-state index contributed by atoms with van der Waals surface area (Å²) in [7, 11) is 0. The third-order valence-corrected chi connectivity index (χ3v) is 5.50. The molecule has 140 valence electrons. The Balaban J connectivity index is 1.74. The van der Waals surface area contributed by atoms with Crippen LogP contribution in [0.5, 0.6) is 5.75 Å². The molecule has 0 N–H and O–H groups in total. The molecular formula is C22H16ClNO3S. The standard InChI is InChI=1S/C22H16ClNO3S/c1-2-27-19-12-7-14(17-5-3-4-6-18(17)19)13-20-21(25)24(22(26)28-20)16-10-8-15(23)9-11-16/h3-13H,2H2,1H3/b20-13+. The summed E-state index contributed by atoms with van der Waals surface area (Å²) < 4.78 is 5.70. The third kappa shape index (κ3) is 3.39. The van der Waals surface area contributed by atoms with Crippen molar-refractivity contribution in [3.63, 3.8) is 0 Å². The molecule has 4 rings (SSSR count). The van der Waals surface area contributed by atoms with E-state index in [1.54, 1.807) is 30.3 Å². The molecule has 0 atom stereocenters. The van der Waals surface area contributed by atoms with Gasteiger partial charge in [0.15, 0.2) is 0 Å². The van der Waals surface area contributed by atoms with Crippen LogP contribution in [0.1, 0.15) is 12.5 Å². The van der Waals surface area contributed by atoms with Crippen LogP contribution in [-0.4, -0.2) is 17.8 Å². The topological polar surface area (TPSA) is 46.6 Å². The molecular weight excluding hydrogens is 394 g/mol. The molecule has 28 heavy (non-hydrogen) atoms. The zero-order chi connectivity index (χ0) is 19.7. The summed E-state index contributed by atoms with van der Waals surface area (Å²) in [5.41, 5.74) is 1.37. The van der Waals surface area contributed by atoms with Gasteiger partial charge >= 0.3 is 0 Å². The highest BCUT2D eigenvalue weighted by molar-refractivity contribution is 8.19. The monoisotopic (exact) mass is 409 g/mol. The highest BCUT2D eigenvalue weighted by Crippen LogP contribution is 2.38. The Morgan fingerprint density at radius 2 is 1.71 bits per heavy atom. The Morgan fingerprint density at radius 3 is 2.43 bits per heavy atom. The first-order valence-corrected chi connectivity index (χ1v) is 9.96. The van der Waals surface area contributed by atoms with Crippen LogP contribution in [0.15, 0.2) is 65.6 Å². The van der Waals surface area contributed by atoms with Gasteiger partial charge in [0.2, 0.25) is 0 Å². The lowest BCUT2D eigenvalue weighted by Gasteiger charge is -2.12. The number of nitrogens with zero attached hydrogens (tertiary/aromatic N) is 1. The van der Waals surface area contributed by atoms with E-state index in [0.717, 1.165) is 33.8 Å². The van der Waals surface area contributed by atoms with Gasteiger partial charge in [0, 0.05) is 10.4 Å². The maximum absolute atomic E-state index is 12.9. The Hall–Kier alpha value is -2.76. The summed E-state index contributed by atoms with van der Waals surface area (Å²) in [6.45, 7) is 2.51. The van der Waals surface area contributed by atoms with Crippen molar-refractivity contribution in [2.75, 3.05) is 11.5 Å². The fourth-order valence-electron chi connectivity index (χ4n) is 3.12. The third-order valence-electron chi connectivity index (χ3n) is 4.38. The molecule has 0 aromatic heterocycles. The van der Waals surface area contributed by atoms with E-state index in [-0.39, 0.29) is 11.1 Å². The van der Waals surface area contributed by atoms with Gasteiger partial charge in [-0.25, -0.2) is 4.90 Å². The Labute approximate surface area is 171 Å². The van der Waals surface area contributed by atoms with E-state index in [9.17, 15) is 9.59 Å². The van der Waals surface area contributed by atoms with E-state index in [2.05, 4.69) is 0 Å². The predicted octanol–water partition coefficient (Wildman–Crippen LogP) is 6.13. The number of imide groups is 1. The fourth-order valence-corrected chi connectivity index (χ4v) is 4.08. The molecule has 1 saturated heterocycles. The average molecular weight is 410 g/mol. The highest BCUT2D eigenvalue weighted by Gasteiger charge is 2.36. The first kappa shape index (κ1) is 18.6. The normalized spacial score (nSPS) is 15.6. The molecule has 1 heterocycles. The zero-order valence-corrected chi connectivity index (χ0v) is 16.6. The number of amides is 2. The smallest absolute Gasteiger partial charge is 0.298 e. The van der Waals surface area contributed by atoms with Crippen molar-refractivity contribution >= 4 is 57.0 Å². The molecule has 0 aliphatic carbocycles. The maximum atomic E-state index is 12.9. The fraction of sp³-hybridized carbons (Fsp3) is 0.0909. The van der Waals surface area contributed by atoms with Gasteiger partial charge in [0.1, 0.15) is 5.75 Å². The van der Waals surface area contributed by atoms with Crippen LogP contribution in [0.2, 0.25) is 5.02 Å². The quantitative estimate of drug-likeness (QED) is 0.486. The van der Waals surface area contributed by atoms with Gasteiger partial charge in [-0.2, -0.15) is 0 Å². The minimum Gasteiger partial charge on any atom is -0.493 e. The minimum atomic E-state index is -0.338. The van der Waals surface area contributed by atoms with Gasteiger partial charge in [-0.15, -0.1) is 0 Å². The molecule has 0 spiro atoms. The molecule has 0 saturated carbocycles. The number of thioether (sulfide) groups is 1. The summed E-state index contributed by atoms with van der Waals surface area (Å²) in [5, 5.41) is 2.16. The van der Waals surface area contributed by atoms with Crippen molar-refractivity contribution in [2.24, 2.45) is 0 Å². The lowest BCUT2D eigenvalue weighted by molar-refractivity contribution is -0.113. The van der Waals surface area contributed by atoms with E-state index in [0.29, 0.717) is 22.2 Å². The Morgan fingerprint density at radius 1 is 1.00 bits per heavy atom. The number of anilines is 1. The first-order chi connectivity index (χ1) is 13.6. The summed E-state index contributed by atoms with van der Waals surface area (Å²) in [4.78, 5) is 26.9. The minimum absolute atomic E-state index is 0.325. The number of carbonyl (C=O) groups excluding carboxylic acids is 2.